The van der Waals surface area contributed by atoms with E-state index in [1.54, 1.807) is 6.07 Å². The zero-order valence-electron chi connectivity index (χ0n) is 10.3. The highest BCUT2D eigenvalue weighted by Crippen LogP contribution is 2.21. The van der Waals surface area contributed by atoms with Gasteiger partial charge in [-0.15, -0.1) is 5.10 Å². The van der Waals surface area contributed by atoms with Gasteiger partial charge in [0.2, 0.25) is 0 Å². The topological polar surface area (TPSA) is 66.9 Å². The molecule has 0 fully saturated rings. The van der Waals surface area contributed by atoms with Crippen LogP contribution < -0.4 is 10.6 Å². The highest BCUT2D eigenvalue weighted by Gasteiger charge is 2.15. The van der Waals surface area contributed by atoms with Crippen LogP contribution in [0.2, 0.25) is 0 Å². The summed E-state index contributed by atoms with van der Waals surface area (Å²) in [7, 11) is 0. The fourth-order valence-corrected chi connectivity index (χ4v) is 1.96. The maximum Gasteiger partial charge on any atom is 0.258 e. The summed E-state index contributed by atoms with van der Waals surface area (Å²) in [6, 6.07) is 4.40. The molecule has 2 rings (SSSR count). The molecule has 0 spiro atoms. The third-order valence-corrected chi connectivity index (χ3v) is 2.99. The molecule has 1 heterocycles. The first-order chi connectivity index (χ1) is 9.22. The molecule has 0 atom stereocenters. The Morgan fingerprint density at radius 1 is 1.47 bits per heavy atom. The number of carbonyl (C=O) groups excluding carboxylic acids is 1. The van der Waals surface area contributed by atoms with Crippen molar-refractivity contribution in [2.24, 2.45) is 0 Å². The number of nitrogens with zero attached hydrogens (tertiary/aromatic N) is 2. The standard InChI is InChI=1S/C12H13FN4OS/c1-2-6-14-11-8(4-3-5-9(11)13)12(18)16-10-7-15-17-19-10/h3-5,7,14H,2,6H2,1H3,(H,16,18). The van der Waals surface area contributed by atoms with Gasteiger partial charge in [0.05, 0.1) is 17.4 Å². The zero-order chi connectivity index (χ0) is 13.7. The quantitative estimate of drug-likeness (QED) is 0.883. The van der Waals surface area contributed by atoms with Crippen molar-refractivity contribution in [3.8, 4) is 0 Å². The molecule has 0 radical (unpaired) electrons. The number of rotatable bonds is 5. The number of aromatic nitrogens is 2. The molecule has 0 aliphatic carbocycles. The van der Waals surface area contributed by atoms with Crippen LogP contribution in [-0.4, -0.2) is 22.0 Å². The van der Waals surface area contributed by atoms with Crippen LogP contribution >= 0.6 is 11.5 Å². The number of halogens is 1. The molecule has 0 aliphatic heterocycles. The van der Waals surface area contributed by atoms with Crippen molar-refractivity contribution in [2.75, 3.05) is 17.2 Å². The summed E-state index contributed by atoms with van der Waals surface area (Å²) in [5, 5.41) is 9.70. The summed E-state index contributed by atoms with van der Waals surface area (Å²) >= 11 is 1.07. The lowest BCUT2D eigenvalue weighted by molar-refractivity contribution is 0.102. The molecule has 2 N–H and O–H groups in total. The molecule has 0 saturated carbocycles. The van der Waals surface area contributed by atoms with Crippen LogP contribution in [0.5, 0.6) is 0 Å². The first kappa shape index (κ1) is 13.4. The predicted octanol–water partition coefficient (Wildman–Crippen LogP) is 2.75. The minimum atomic E-state index is -0.441. The van der Waals surface area contributed by atoms with Gasteiger partial charge in [-0.2, -0.15) is 0 Å². The lowest BCUT2D eigenvalue weighted by atomic mass is 10.1. The van der Waals surface area contributed by atoms with Gasteiger partial charge in [0, 0.05) is 18.1 Å². The molecule has 2 aromatic rings. The number of anilines is 2. The second-order valence-electron chi connectivity index (χ2n) is 3.83. The van der Waals surface area contributed by atoms with E-state index in [1.807, 2.05) is 6.92 Å². The molecule has 7 heteroatoms. The number of hydrogen-bond donors (Lipinski definition) is 2. The molecule has 19 heavy (non-hydrogen) atoms. The molecule has 100 valence electrons. The molecule has 1 aromatic heterocycles. The van der Waals surface area contributed by atoms with Crippen molar-refractivity contribution < 1.29 is 9.18 Å². The average Bonchev–Trinajstić information content (AvgIpc) is 2.90. The maximum atomic E-state index is 13.7. The minimum Gasteiger partial charge on any atom is -0.382 e. The number of benzene rings is 1. The average molecular weight is 280 g/mol. The SMILES string of the molecule is CCCNc1c(F)cccc1C(=O)Nc1cnns1. The van der Waals surface area contributed by atoms with E-state index < -0.39 is 5.82 Å². The van der Waals surface area contributed by atoms with E-state index in [9.17, 15) is 9.18 Å². The minimum absolute atomic E-state index is 0.222. The van der Waals surface area contributed by atoms with Crippen LogP contribution in [0, 0.1) is 5.82 Å². The normalized spacial score (nSPS) is 10.2. The molecule has 1 aromatic carbocycles. The van der Waals surface area contributed by atoms with Crippen molar-refractivity contribution in [3.05, 3.63) is 35.8 Å². The maximum absolute atomic E-state index is 13.7. The smallest absolute Gasteiger partial charge is 0.258 e. The summed E-state index contributed by atoms with van der Waals surface area (Å²) in [6.45, 7) is 2.57. The molecule has 5 nitrogen and oxygen atoms in total. The lowest BCUT2D eigenvalue weighted by Crippen LogP contribution is -2.15. The van der Waals surface area contributed by atoms with E-state index in [2.05, 4.69) is 20.2 Å². The van der Waals surface area contributed by atoms with Gasteiger partial charge in [-0.3, -0.25) is 4.79 Å². The molecule has 0 aliphatic rings. The monoisotopic (exact) mass is 280 g/mol. The van der Waals surface area contributed by atoms with Gasteiger partial charge in [0.15, 0.2) is 0 Å². The second kappa shape index (κ2) is 6.24. The Morgan fingerprint density at radius 2 is 2.32 bits per heavy atom. The van der Waals surface area contributed by atoms with Crippen LogP contribution in [0.4, 0.5) is 15.1 Å². The predicted molar refractivity (Wildman–Crippen MR) is 73.0 cm³/mol. The highest BCUT2D eigenvalue weighted by atomic mass is 32.1. The first-order valence-corrected chi connectivity index (χ1v) is 6.60. The van der Waals surface area contributed by atoms with Crippen LogP contribution in [0.15, 0.2) is 24.4 Å². The number of amides is 1. The van der Waals surface area contributed by atoms with Crippen molar-refractivity contribution in [2.45, 2.75) is 13.3 Å². The second-order valence-corrected chi connectivity index (χ2v) is 4.61. The molecule has 0 bridgehead atoms. The van der Waals surface area contributed by atoms with Crippen LogP contribution in [0.3, 0.4) is 0 Å². The Hall–Kier alpha value is -2.02. The molecular formula is C12H13FN4OS. The van der Waals surface area contributed by atoms with Crippen LogP contribution in [-0.2, 0) is 0 Å². The van der Waals surface area contributed by atoms with Gasteiger partial charge >= 0.3 is 0 Å². The van der Waals surface area contributed by atoms with E-state index in [4.69, 9.17) is 0 Å². The Labute approximate surface area is 114 Å². The van der Waals surface area contributed by atoms with E-state index in [0.717, 1.165) is 18.0 Å². The van der Waals surface area contributed by atoms with Crippen molar-refractivity contribution >= 4 is 28.1 Å². The molecule has 0 saturated heterocycles. The summed E-state index contributed by atoms with van der Waals surface area (Å²) in [4.78, 5) is 12.1. The third-order valence-electron chi connectivity index (χ3n) is 2.41. The van der Waals surface area contributed by atoms with Gasteiger partial charge in [-0.25, -0.2) is 4.39 Å². The largest absolute Gasteiger partial charge is 0.382 e. The Kier molecular flexibility index (Phi) is 4.40. The highest BCUT2D eigenvalue weighted by molar-refractivity contribution is 7.10. The fraction of sp³-hybridized carbons (Fsp3) is 0.250. The van der Waals surface area contributed by atoms with Gasteiger partial charge in [-0.05, 0) is 18.6 Å². The van der Waals surface area contributed by atoms with E-state index in [1.165, 1.54) is 18.3 Å². The van der Waals surface area contributed by atoms with Gasteiger partial charge in [0.25, 0.3) is 5.91 Å². The molecular weight excluding hydrogens is 267 g/mol. The molecule has 0 unspecified atom stereocenters. The van der Waals surface area contributed by atoms with Crippen LogP contribution in [0.1, 0.15) is 23.7 Å². The molecule has 1 amide bonds. The van der Waals surface area contributed by atoms with Crippen molar-refractivity contribution in [1.82, 2.24) is 9.59 Å². The van der Waals surface area contributed by atoms with Gasteiger partial charge < -0.3 is 10.6 Å². The fourth-order valence-electron chi connectivity index (χ4n) is 1.54. The Morgan fingerprint density at radius 3 is 3.00 bits per heavy atom. The van der Waals surface area contributed by atoms with Crippen molar-refractivity contribution in [1.29, 1.82) is 0 Å². The summed E-state index contributed by atoms with van der Waals surface area (Å²) in [5.41, 5.74) is 0.487. The van der Waals surface area contributed by atoms with E-state index >= 15 is 0 Å². The summed E-state index contributed by atoms with van der Waals surface area (Å²) < 4.78 is 17.4. The Bertz CT molecular complexity index is 559. The van der Waals surface area contributed by atoms with E-state index in [0.29, 0.717) is 11.5 Å². The van der Waals surface area contributed by atoms with E-state index in [-0.39, 0.29) is 17.2 Å². The lowest BCUT2D eigenvalue weighted by Gasteiger charge is -2.11. The van der Waals surface area contributed by atoms with Gasteiger partial charge in [-0.1, -0.05) is 17.5 Å². The number of carbonyl (C=O) groups is 1. The van der Waals surface area contributed by atoms with Crippen LogP contribution in [0.25, 0.3) is 0 Å². The van der Waals surface area contributed by atoms with Crippen molar-refractivity contribution in [3.63, 3.8) is 0 Å². The zero-order valence-corrected chi connectivity index (χ0v) is 11.1. The third kappa shape index (κ3) is 3.25. The summed E-state index contributed by atoms with van der Waals surface area (Å²) in [5.74, 6) is -0.826. The number of nitrogens with one attached hydrogen (secondary N) is 2. The number of para-hydroxylation sites is 1. The summed E-state index contributed by atoms with van der Waals surface area (Å²) in [6.07, 6.45) is 2.29. The number of hydrogen-bond acceptors (Lipinski definition) is 5. The van der Waals surface area contributed by atoms with Gasteiger partial charge in [0.1, 0.15) is 10.8 Å². The Balaban J connectivity index is 2.22. The first-order valence-electron chi connectivity index (χ1n) is 5.83.